The lowest BCUT2D eigenvalue weighted by Gasteiger charge is -2.18. The summed E-state index contributed by atoms with van der Waals surface area (Å²) >= 11 is 0. The van der Waals surface area contributed by atoms with Gasteiger partial charge in [0.2, 0.25) is 0 Å². The third-order valence-electron chi connectivity index (χ3n) is 8.80. The molecule has 0 bridgehead atoms. The molecule has 0 N–H and O–H groups in total. The molecule has 1 unspecified atom stereocenters. The average Bonchev–Trinajstić information content (AvgIpc) is 3.19. The van der Waals surface area contributed by atoms with E-state index in [2.05, 4.69) is 118 Å². The molecule has 0 heterocycles. The molecule has 6 heteroatoms. The van der Waals surface area contributed by atoms with Gasteiger partial charge in [-0.1, -0.05) is 169 Å². The maximum absolute atomic E-state index is 12.6. The van der Waals surface area contributed by atoms with Gasteiger partial charge in [-0.2, -0.15) is 0 Å². The molecule has 0 saturated carbocycles. The molecule has 0 rings (SSSR count). The van der Waals surface area contributed by atoms with E-state index < -0.39 is 6.10 Å². The van der Waals surface area contributed by atoms with Gasteiger partial charge in [0.1, 0.15) is 13.2 Å². The highest BCUT2D eigenvalue weighted by atomic mass is 16.6. The minimum Gasteiger partial charge on any atom is -0.462 e. The van der Waals surface area contributed by atoms with Crippen LogP contribution in [0.1, 0.15) is 181 Å². The second kappa shape index (κ2) is 44.0. The quantitative estimate of drug-likeness (QED) is 0.0269. The van der Waals surface area contributed by atoms with Crippen molar-refractivity contribution in [2.75, 3.05) is 13.2 Å². The van der Waals surface area contributed by atoms with E-state index in [-0.39, 0.29) is 37.5 Å². The van der Waals surface area contributed by atoms with E-state index >= 15 is 0 Å². The van der Waals surface area contributed by atoms with E-state index in [0.717, 1.165) is 122 Å². The smallest absolute Gasteiger partial charge is 0.306 e. The summed E-state index contributed by atoms with van der Waals surface area (Å²) in [5, 5.41) is 0. The Labute approximate surface area is 343 Å². The Kier molecular flexibility index (Phi) is 41.2. The molecular formula is C50H80O6. The van der Waals surface area contributed by atoms with Gasteiger partial charge >= 0.3 is 17.9 Å². The first-order valence-corrected chi connectivity index (χ1v) is 22.2. The van der Waals surface area contributed by atoms with Crippen LogP contribution in [0.15, 0.2) is 97.2 Å². The molecule has 0 fully saturated rings. The Bertz CT molecular complexity index is 1170. The Morgan fingerprint density at radius 3 is 1.25 bits per heavy atom. The first kappa shape index (κ1) is 52.3. The second-order valence-electron chi connectivity index (χ2n) is 14.2. The second-order valence-corrected chi connectivity index (χ2v) is 14.2. The molecule has 0 aromatic heterocycles. The number of hydrogen-bond acceptors (Lipinski definition) is 6. The highest BCUT2D eigenvalue weighted by Crippen LogP contribution is 2.11. The van der Waals surface area contributed by atoms with E-state index in [1.807, 2.05) is 0 Å². The van der Waals surface area contributed by atoms with Crippen LogP contribution in [0.3, 0.4) is 0 Å². The SMILES string of the molecule is CC/C=C\C/C=C\C/C=C\C/C=C\C/C=C\C/C=C\C/C=C\CCCC(=O)OCC(COC(=O)CCCCCCC)OC(=O)CCCCCCC/C=C\CCC. The molecular weight excluding hydrogens is 697 g/mol. The van der Waals surface area contributed by atoms with Crippen LogP contribution in [0.4, 0.5) is 0 Å². The van der Waals surface area contributed by atoms with Crippen LogP contribution in [-0.4, -0.2) is 37.2 Å². The first-order chi connectivity index (χ1) is 27.5. The lowest BCUT2D eigenvalue weighted by molar-refractivity contribution is -0.167. The molecule has 56 heavy (non-hydrogen) atoms. The van der Waals surface area contributed by atoms with Gasteiger partial charge in [-0.3, -0.25) is 14.4 Å². The molecule has 0 aromatic rings. The van der Waals surface area contributed by atoms with Gasteiger partial charge in [-0.05, 0) is 89.9 Å². The van der Waals surface area contributed by atoms with E-state index in [1.54, 1.807) is 0 Å². The van der Waals surface area contributed by atoms with E-state index in [0.29, 0.717) is 19.3 Å². The molecule has 316 valence electrons. The fourth-order valence-electron chi connectivity index (χ4n) is 5.49. The Morgan fingerprint density at radius 2 is 0.750 bits per heavy atom. The van der Waals surface area contributed by atoms with Crippen LogP contribution < -0.4 is 0 Å². The summed E-state index contributed by atoms with van der Waals surface area (Å²) in [6, 6.07) is 0. The lowest BCUT2D eigenvalue weighted by Crippen LogP contribution is -2.30. The van der Waals surface area contributed by atoms with Crippen molar-refractivity contribution in [3.8, 4) is 0 Å². The summed E-state index contributed by atoms with van der Waals surface area (Å²) in [5.74, 6) is -1.00. The molecule has 6 nitrogen and oxygen atoms in total. The van der Waals surface area contributed by atoms with Crippen LogP contribution >= 0.6 is 0 Å². The van der Waals surface area contributed by atoms with Gasteiger partial charge in [0.25, 0.3) is 0 Å². The zero-order valence-corrected chi connectivity index (χ0v) is 35.9. The van der Waals surface area contributed by atoms with Crippen molar-refractivity contribution < 1.29 is 28.6 Å². The van der Waals surface area contributed by atoms with E-state index in [4.69, 9.17) is 14.2 Å². The van der Waals surface area contributed by atoms with E-state index in [9.17, 15) is 14.4 Å². The predicted molar refractivity (Wildman–Crippen MR) is 237 cm³/mol. The fourth-order valence-corrected chi connectivity index (χ4v) is 5.49. The first-order valence-electron chi connectivity index (χ1n) is 22.2. The maximum atomic E-state index is 12.6. The van der Waals surface area contributed by atoms with Gasteiger partial charge in [0.15, 0.2) is 6.10 Å². The molecule has 0 aromatic carbocycles. The summed E-state index contributed by atoms with van der Waals surface area (Å²) in [5.41, 5.74) is 0. The van der Waals surface area contributed by atoms with Crippen molar-refractivity contribution in [1.82, 2.24) is 0 Å². The number of hydrogen-bond donors (Lipinski definition) is 0. The van der Waals surface area contributed by atoms with Gasteiger partial charge in [0.05, 0.1) is 0 Å². The molecule has 0 aliphatic rings. The van der Waals surface area contributed by atoms with Crippen LogP contribution in [0, 0.1) is 0 Å². The third kappa shape index (κ3) is 41.5. The molecule has 0 radical (unpaired) electrons. The number of esters is 3. The molecule has 0 aliphatic heterocycles. The number of allylic oxidation sites excluding steroid dienone is 16. The van der Waals surface area contributed by atoms with Crippen molar-refractivity contribution in [3.63, 3.8) is 0 Å². The average molecular weight is 777 g/mol. The number of carbonyl (C=O) groups excluding carboxylic acids is 3. The van der Waals surface area contributed by atoms with E-state index in [1.165, 1.54) is 12.8 Å². The molecule has 0 amide bonds. The summed E-state index contributed by atoms with van der Waals surface area (Å²) in [4.78, 5) is 37.4. The number of ether oxygens (including phenoxy) is 3. The molecule has 0 aliphatic carbocycles. The van der Waals surface area contributed by atoms with Gasteiger partial charge in [-0.25, -0.2) is 0 Å². The minimum absolute atomic E-state index is 0.101. The number of unbranched alkanes of at least 4 members (excludes halogenated alkanes) is 11. The number of carbonyl (C=O) groups is 3. The summed E-state index contributed by atoms with van der Waals surface area (Å²) < 4.78 is 16.5. The van der Waals surface area contributed by atoms with Gasteiger partial charge < -0.3 is 14.2 Å². The maximum Gasteiger partial charge on any atom is 0.306 e. The van der Waals surface area contributed by atoms with Crippen molar-refractivity contribution in [1.29, 1.82) is 0 Å². The highest BCUT2D eigenvalue weighted by molar-refractivity contribution is 5.71. The summed E-state index contributed by atoms with van der Waals surface area (Å²) in [6.45, 7) is 6.28. The zero-order chi connectivity index (χ0) is 40.8. The summed E-state index contributed by atoms with van der Waals surface area (Å²) in [6.07, 6.45) is 57.2. The van der Waals surface area contributed by atoms with Crippen LogP contribution in [-0.2, 0) is 28.6 Å². The van der Waals surface area contributed by atoms with Crippen molar-refractivity contribution in [2.24, 2.45) is 0 Å². The van der Waals surface area contributed by atoms with Crippen molar-refractivity contribution in [3.05, 3.63) is 97.2 Å². The largest absolute Gasteiger partial charge is 0.462 e. The van der Waals surface area contributed by atoms with Gasteiger partial charge in [-0.15, -0.1) is 0 Å². The Hall–Kier alpha value is -3.67. The van der Waals surface area contributed by atoms with Crippen LogP contribution in [0.5, 0.6) is 0 Å². The molecule has 1 atom stereocenters. The van der Waals surface area contributed by atoms with Crippen LogP contribution in [0.25, 0.3) is 0 Å². The standard InChI is InChI=1S/C50H80O6/c1-4-7-10-13-15-17-19-20-21-22-23-24-25-26-27-28-29-30-31-33-34-37-40-43-49(52)55-46-47(45-54-48(51)42-39-36-12-9-6-3)56-50(53)44-41-38-35-32-18-16-14-11-8-5-2/h7,10-11,14-15,17,20-21,23-24,26-27,29-30,33-34,47H,4-6,8-9,12-13,16,18-19,22,25,28,31-32,35-46H2,1-3H3/b10-7-,14-11-,17-15-,21-20-,24-23-,27-26-,30-29-,34-33-. The zero-order valence-electron chi connectivity index (χ0n) is 35.9. The van der Waals surface area contributed by atoms with Crippen molar-refractivity contribution >= 4 is 17.9 Å². The normalized spacial score (nSPS) is 13.0. The lowest BCUT2D eigenvalue weighted by atomic mass is 10.1. The summed E-state index contributed by atoms with van der Waals surface area (Å²) in [7, 11) is 0. The van der Waals surface area contributed by atoms with Gasteiger partial charge in [0, 0.05) is 19.3 Å². The molecule has 0 spiro atoms. The Morgan fingerprint density at radius 1 is 0.375 bits per heavy atom. The Balaban J connectivity index is 4.31. The van der Waals surface area contributed by atoms with Crippen molar-refractivity contribution in [2.45, 2.75) is 187 Å². The monoisotopic (exact) mass is 777 g/mol. The minimum atomic E-state index is -0.799. The number of rotatable bonds is 38. The predicted octanol–water partition coefficient (Wildman–Crippen LogP) is 14.2. The molecule has 0 saturated heterocycles. The highest BCUT2D eigenvalue weighted by Gasteiger charge is 2.19. The van der Waals surface area contributed by atoms with Crippen LogP contribution in [0.2, 0.25) is 0 Å². The topological polar surface area (TPSA) is 78.9 Å². The third-order valence-corrected chi connectivity index (χ3v) is 8.80. The fraction of sp³-hybridized carbons (Fsp3) is 0.620.